The molecule has 224 valence electrons. The van der Waals surface area contributed by atoms with E-state index >= 15 is 0 Å². The zero-order chi connectivity index (χ0) is 29.9. The minimum absolute atomic E-state index is 0.0458. The van der Waals surface area contributed by atoms with Gasteiger partial charge in [0.05, 0.1) is 20.7 Å². The van der Waals surface area contributed by atoms with Crippen LogP contribution in [0.15, 0.2) is 35.2 Å². The molecule has 1 atom stereocenters. The predicted molar refractivity (Wildman–Crippen MR) is 148 cm³/mol. The highest BCUT2D eigenvalue weighted by molar-refractivity contribution is 7.89. The van der Waals surface area contributed by atoms with Gasteiger partial charge in [-0.1, -0.05) is 17.7 Å². The molecule has 0 spiro atoms. The number of sulfonamides is 1. The molecule has 0 saturated carbocycles. The highest BCUT2D eigenvalue weighted by Gasteiger charge is 2.36. The molecule has 4 rings (SSSR count). The summed E-state index contributed by atoms with van der Waals surface area (Å²) >= 11 is 6.90. The van der Waals surface area contributed by atoms with Gasteiger partial charge in [0.15, 0.2) is 0 Å². The van der Waals surface area contributed by atoms with Crippen molar-refractivity contribution in [2.24, 2.45) is 0 Å². The van der Waals surface area contributed by atoms with Crippen LogP contribution in [0.25, 0.3) is 0 Å². The van der Waals surface area contributed by atoms with Gasteiger partial charge in [-0.25, -0.2) is 8.42 Å². The van der Waals surface area contributed by atoms with Gasteiger partial charge in [-0.05, 0) is 43.2 Å². The van der Waals surface area contributed by atoms with Gasteiger partial charge in [-0.2, -0.15) is 17.9 Å². The number of hydrogen-bond donors (Lipinski definition) is 2. The third-order valence-electron chi connectivity index (χ3n) is 6.86. The van der Waals surface area contributed by atoms with Gasteiger partial charge in [0.1, 0.15) is 6.04 Å². The average molecular weight is 636 g/mol. The number of piperazine rings is 1. The summed E-state index contributed by atoms with van der Waals surface area (Å²) in [6.45, 7) is 0.301. The quantitative estimate of drug-likeness (QED) is 0.437. The molecule has 2 saturated heterocycles. The number of anilines is 1. The molecule has 3 amide bonds. The van der Waals surface area contributed by atoms with Crippen LogP contribution in [-0.4, -0.2) is 94.0 Å². The summed E-state index contributed by atoms with van der Waals surface area (Å²) in [5, 5.41) is 2.55. The van der Waals surface area contributed by atoms with Crippen molar-refractivity contribution < 1.29 is 36.0 Å². The Kier molecular flexibility index (Phi) is 9.63. The Bertz CT molecular complexity index is 1410. The summed E-state index contributed by atoms with van der Waals surface area (Å²) in [6.07, 6.45) is -3.38. The highest BCUT2D eigenvalue weighted by atomic mass is 35.5. The normalized spacial score (nSPS) is 17.6. The van der Waals surface area contributed by atoms with E-state index in [-0.39, 0.29) is 41.9 Å². The number of thiophene rings is 1. The van der Waals surface area contributed by atoms with E-state index in [4.69, 9.17) is 11.6 Å². The second-order valence-corrected chi connectivity index (χ2v) is 13.2. The van der Waals surface area contributed by atoms with Crippen LogP contribution >= 0.6 is 22.9 Å². The number of rotatable bonds is 9. The van der Waals surface area contributed by atoms with E-state index in [9.17, 15) is 36.0 Å². The molecule has 0 aliphatic carbocycles. The van der Waals surface area contributed by atoms with Gasteiger partial charge in [0.25, 0.3) is 5.91 Å². The lowest BCUT2D eigenvalue weighted by atomic mass is 10.2. The molecule has 2 fully saturated rings. The maximum Gasteiger partial charge on any atom is 0.401 e. The number of carbonyl (C=O) groups excluding carboxylic acids is 3. The second-order valence-electron chi connectivity index (χ2n) is 9.75. The van der Waals surface area contributed by atoms with E-state index in [0.717, 1.165) is 11.3 Å². The molecule has 2 N–H and O–H groups in total. The molecule has 10 nitrogen and oxygen atoms in total. The molecule has 2 aliphatic heterocycles. The van der Waals surface area contributed by atoms with E-state index in [2.05, 4.69) is 10.0 Å². The van der Waals surface area contributed by atoms with E-state index in [1.54, 1.807) is 13.0 Å². The number of halogens is 4. The third-order valence-corrected chi connectivity index (χ3v) is 9.70. The van der Waals surface area contributed by atoms with Crippen molar-refractivity contribution in [2.75, 3.05) is 50.7 Å². The lowest BCUT2D eigenvalue weighted by molar-refractivity contribution is -0.152. The molecule has 2 aliphatic rings. The van der Waals surface area contributed by atoms with Crippen LogP contribution in [0.2, 0.25) is 4.34 Å². The van der Waals surface area contributed by atoms with Crippen molar-refractivity contribution in [3.8, 4) is 0 Å². The van der Waals surface area contributed by atoms with Gasteiger partial charge in [0, 0.05) is 51.4 Å². The summed E-state index contributed by atoms with van der Waals surface area (Å²) in [4.78, 5) is 42.5. The Morgan fingerprint density at radius 1 is 1.10 bits per heavy atom. The first-order valence-electron chi connectivity index (χ1n) is 12.8. The fourth-order valence-corrected chi connectivity index (χ4v) is 7.25. The standard InChI is InChI=1S/C25H29ClF3N5O5S2/c1-16-18(34-9-3-6-22(34)35)4-2-5-20(16)41(38,39)31-17(14-30-23(36)19-7-8-21(26)40-19)24(37)33-12-10-32(11-13-33)15-25(27,28)29/h2,4-5,7-8,17,31H,3,6,9-15H2,1H3,(H,30,36)/t17-/m0/s1. The summed E-state index contributed by atoms with van der Waals surface area (Å²) in [7, 11) is -4.35. The molecule has 0 radical (unpaired) electrons. The minimum atomic E-state index is -4.38. The fraction of sp³-hybridized carbons (Fsp3) is 0.480. The predicted octanol–water partition coefficient (Wildman–Crippen LogP) is 2.62. The first kappa shape index (κ1) is 31.2. The molecule has 3 heterocycles. The number of nitrogens with one attached hydrogen (secondary N) is 2. The van der Waals surface area contributed by atoms with Crippen LogP contribution in [0.4, 0.5) is 18.9 Å². The summed E-state index contributed by atoms with van der Waals surface area (Å²) < 4.78 is 68.3. The molecular weight excluding hydrogens is 607 g/mol. The Hall–Kier alpha value is -2.72. The largest absolute Gasteiger partial charge is 0.401 e. The fourth-order valence-electron chi connectivity index (χ4n) is 4.84. The van der Waals surface area contributed by atoms with E-state index in [1.807, 2.05) is 0 Å². The van der Waals surface area contributed by atoms with Crippen LogP contribution in [0.3, 0.4) is 0 Å². The molecular formula is C25H29ClF3N5O5S2. The second kappa shape index (κ2) is 12.7. The van der Waals surface area contributed by atoms with Crippen LogP contribution < -0.4 is 14.9 Å². The number of amides is 3. The molecule has 1 aromatic heterocycles. The van der Waals surface area contributed by atoms with Crippen molar-refractivity contribution >= 4 is 56.4 Å². The van der Waals surface area contributed by atoms with Gasteiger partial charge in [0.2, 0.25) is 21.8 Å². The number of alkyl halides is 3. The molecule has 0 unspecified atom stereocenters. The number of carbonyl (C=O) groups is 3. The summed E-state index contributed by atoms with van der Waals surface area (Å²) in [6, 6.07) is 6.05. The first-order chi connectivity index (χ1) is 19.2. The Morgan fingerprint density at radius 2 is 1.80 bits per heavy atom. The number of benzene rings is 1. The molecule has 16 heteroatoms. The van der Waals surface area contributed by atoms with Crippen molar-refractivity contribution in [3.63, 3.8) is 0 Å². The molecule has 2 aromatic rings. The van der Waals surface area contributed by atoms with Crippen molar-refractivity contribution in [2.45, 2.75) is 36.9 Å². The SMILES string of the molecule is Cc1c(N2CCCC2=O)cccc1S(=O)(=O)N[C@@H](CNC(=O)c1ccc(Cl)s1)C(=O)N1CCN(CC(F)(F)F)CC1. The molecule has 1 aromatic carbocycles. The van der Waals surface area contributed by atoms with Gasteiger partial charge in [-0.3, -0.25) is 19.3 Å². The van der Waals surface area contributed by atoms with Crippen molar-refractivity contribution in [3.05, 3.63) is 45.1 Å². The van der Waals surface area contributed by atoms with Crippen LogP contribution in [-0.2, 0) is 19.6 Å². The lowest BCUT2D eigenvalue weighted by Crippen LogP contribution is -2.58. The van der Waals surface area contributed by atoms with E-state index in [1.165, 1.54) is 39.0 Å². The summed E-state index contributed by atoms with van der Waals surface area (Å²) in [5.41, 5.74) is 0.765. The van der Waals surface area contributed by atoms with Crippen LogP contribution in [0, 0.1) is 6.92 Å². The summed E-state index contributed by atoms with van der Waals surface area (Å²) in [5.74, 6) is -1.38. The first-order valence-corrected chi connectivity index (χ1v) is 15.5. The number of nitrogens with zero attached hydrogens (tertiary/aromatic N) is 3. The monoisotopic (exact) mass is 635 g/mol. The van der Waals surface area contributed by atoms with Gasteiger partial charge < -0.3 is 15.1 Å². The molecule has 41 heavy (non-hydrogen) atoms. The highest BCUT2D eigenvalue weighted by Crippen LogP contribution is 2.30. The van der Waals surface area contributed by atoms with Crippen LogP contribution in [0.1, 0.15) is 28.1 Å². The Morgan fingerprint density at radius 3 is 2.39 bits per heavy atom. The maximum absolute atomic E-state index is 13.6. The van der Waals surface area contributed by atoms with Gasteiger partial charge >= 0.3 is 6.18 Å². The number of hydrogen-bond acceptors (Lipinski definition) is 7. The van der Waals surface area contributed by atoms with Crippen LogP contribution in [0.5, 0.6) is 0 Å². The third kappa shape index (κ3) is 7.77. The zero-order valence-electron chi connectivity index (χ0n) is 22.0. The lowest BCUT2D eigenvalue weighted by Gasteiger charge is -2.36. The van der Waals surface area contributed by atoms with Gasteiger partial charge in [-0.15, -0.1) is 11.3 Å². The smallest absolute Gasteiger partial charge is 0.349 e. The van der Waals surface area contributed by atoms with Crippen molar-refractivity contribution in [1.29, 1.82) is 0 Å². The Balaban J connectivity index is 1.54. The molecule has 0 bridgehead atoms. The van der Waals surface area contributed by atoms with E-state index in [0.29, 0.717) is 35.0 Å². The van der Waals surface area contributed by atoms with E-state index < -0.39 is 47.1 Å². The van der Waals surface area contributed by atoms with Crippen molar-refractivity contribution in [1.82, 2.24) is 19.8 Å². The topological polar surface area (TPSA) is 119 Å². The zero-order valence-corrected chi connectivity index (χ0v) is 24.4. The Labute approximate surface area is 244 Å². The maximum atomic E-state index is 13.6. The minimum Gasteiger partial charge on any atom is -0.349 e. The average Bonchev–Trinajstić information content (AvgIpc) is 3.53.